The number of benzene rings is 6. The Morgan fingerprint density at radius 3 is 1.64 bits per heavy atom. The minimum Gasteiger partial charge on any atom is -0.505 e. The summed E-state index contributed by atoms with van der Waals surface area (Å²) in [6.07, 6.45) is 5.96. The Hall–Kier alpha value is -9.56. The van der Waals surface area contributed by atoms with Gasteiger partial charge in [-0.05, 0) is 94.0 Å². The van der Waals surface area contributed by atoms with Crippen LogP contribution < -0.4 is 15.0 Å². The van der Waals surface area contributed by atoms with Crippen molar-refractivity contribution >= 4 is 33.6 Å². The molecule has 0 radical (unpaired) electrons. The molecule has 2 N–H and O–H groups in total. The maximum absolute atomic E-state index is 14.4. The number of nitrogens with one attached hydrogen (secondary N) is 1. The molecule has 0 saturated carbocycles. The van der Waals surface area contributed by atoms with Gasteiger partial charge in [0.1, 0.15) is 28.8 Å². The van der Waals surface area contributed by atoms with Gasteiger partial charge >= 0.3 is 0 Å². The zero-order chi connectivity index (χ0) is 50.9. The molecule has 372 valence electrons. The second kappa shape index (κ2) is 20.9. The summed E-state index contributed by atoms with van der Waals surface area (Å²) < 4.78 is 39.6. The van der Waals surface area contributed by atoms with E-state index in [9.17, 15) is 28.3 Å². The Morgan fingerprint density at radius 2 is 1.07 bits per heavy atom. The molecule has 0 fully saturated rings. The van der Waals surface area contributed by atoms with Crippen LogP contribution in [0.2, 0.25) is 0 Å². The van der Waals surface area contributed by atoms with Gasteiger partial charge in [-0.15, -0.1) is 0 Å². The Morgan fingerprint density at radius 1 is 0.573 bits per heavy atom. The molecule has 14 heteroatoms. The number of nitrogens with zero attached hydrogens (tertiary/aromatic N) is 5. The number of hydrogen-bond donors (Lipinski definition) is 2. The number of aromatic nitrogens is 4. The summed E-state index contributed by atoms with van der Waals surface area (Å²) in [4.78, 5) is 59.7. The fourth-order valence-corrected chi connectivity index (χ4v) is 9.96. The van der Waals surface area contributed by atoms with Gasteiger partial charge in [-0.1, -0.05) is 104 Å². The Balaban J connectivity index is 0.000000181. The highest BCUT2D eigenvalue weighted by molar-refractivity contribution is 6.13. The van der Waals surface area contributed by atoms with Crippen molar-refractivity contribution in [3.8, 4) is 39.6 Å². The Labute approximate surface area is 430 Å². The fourth-order valence-electron chi connectivity index (χ4n) is 9.96. The van der Waals surface area contributed by atoms with Crippen LogP contribution in [0.15, 0.2) is 187 Å². The van der Waals surface area contributed by atoms with Crippen molar-refractivity contribution in [3.63, 3.8) is 0 Å². The number of carbonyl (C=O) groups excluding carboxylic acids is 2. The number of ether oxygens (including phenoxy) is 2. The van der Waals surface area contributed by atoms with Gasteiger partial charge < -0.3 is 29.4 Å². The molecule has 4 aromatic heterocycles. The summed E-state index contributed by atoms with van der Waals surface area (Å²) in [7, 11) is 1.58. The molecule has 0 atom stereocenters. The minimum atomic E-state index is -0.496. The average molecular weight is 999 g/mol. The zero-order valence-corrected chi connectivity index (χ0v) is 39.7. The lowest BCUT2D eigenvalue weighted by Gasteiger charge is -2.24. The molecule has 6 heterocycles. The van der Waals surface area contributed by atoms with Gasteiger partial charge in [0.25, 0.3) is 17.4 Å². The van der Waals surface area contributed by atoms with E-state index in [0.717, 1.165) is 44.3 Å². The number of phenols is 1. The lowest BCUT2D eigenvalue weighted by molar-refractivity contribution is 0.0756. The second-order valence-electron chi connectivity index (χ2n) is 17.8. The summed E-state index contributed by atoms with van der Waals surface area (Å²) in [5, 5.41) is 12.3. The molecule has 12 rings (SSSR count). The van der Waals surface area contributed by atoms with E-state index in [-0.39, 0.29) is 66.4 Å². The fraction of sp³-hybridized carbons (Fsp3) is 0.115. The minimum absolute atomic E-state index is 0. The number of aromatic hydroxyl groups is 1. The van der Waals surface area contributed by atoms with Crippen molar-refractivity contribution in [2.45, 2.75) is 39.7 Å². The lowest BCUT2D eigenvalue weighted by atomic mass is 9.91. The van der Waals surface area contributed by atoms with Crippen LogP contribution in [0.4, 0.5) is 8.78 Å². The number of pyridine rings is 4. The van der Waals surface area contributed by atoms with Crippen LogP contribution in [0.25, 0.3) is 44.1 Å². The van der Waals surface area contributed by atoms with E-state index >= 15 is 0 Å². The van der Waals surface area contributed by atoms with E-state index in [2.05, 4.69) is 15.0 Å². The standard InChI is InChI=1S/C37H28FN3O3.C23H16FN3O3.CH4/c1-43-36-29(15-9-21-40-36)31-28-14-8-20-39-33(28)35(44-34(25-10-4-2-5-11-25)26-12-6-3-7-13-26)32-30(31)23-41(37(32)42)22-24-16-18-27(38)19-17-24;24-14-7-5-13(6-8-14)11-27-12-17-18(16-4-2-10-26-22(16)29)15-3-1-9-25-20(15)21(28)19(17)23(27)30;/h2-21,34H,22-23H2,1H3;1-10,28H,11-12H2,(H,26,29);1H4. The Bertz CT molecular complexity index is 3780. The second-order valence-corrected chi connectivity index (χ2v) is 17.8. The van der Waals surface area contributed by atoms with Crippen LogP contribution in [0, 0.1) is 11.6 Å². The largest absolute Gasteiger partial charge is 0.505 e. The molecule has 75 heavy (non-hydrogen) atoms. The van der Waals surface area contributed by atoms with Crippen LogP contribution in [0.1, 0.15) is 67.6 Å². The van der Waals surface area contributed by atoms with Crippen LogP contribution in [-0.4, -0.2) is 53.8 Å². The van der Waals surface area contributed by atoms with Crippen molar-refractivity contribution in [1.82, 2.24) is 29.7 Å². The summed E-state index contributed by atoms with van der Waals surface area (Å²) in [5.41, 5.74) is 8.60. The maximum atomic E-state index is 14.4. The molecule has 0 bridgehead atoms. The topological polar surface area (TPSA) is 151 Å². The molecule has 0 spiro atoms. The first-order valence-electron chi connectivity index (χ1n) is 23.7. The van der Waals surface area contributed by atoms with Crippen molar-refractivity contribution < 1.29 is 33.0 Å². The third-order valence-corrected chi connectivity index (χ3v) is 13.3. The number of halogens is 2. The number of H-pyrrole nitrogens is 1. The summed E-state index contributed by atoms with van der Waals surface area (Å²) in [6.45, 7) is 1.10. The number of carbonyl (C=O) groups is 2. The van der Waals surface area contributed by atoms with E-state index < -0.39 is 6.10 Å². The maximum Gasteiger partial charge on any atom is 0.258 e. The van der Waals surface area contributed by atoms with E-state index in [1.165, 1.54) is 30.5 Å². The van der Waals surface area contributed by atoms with Crippen LogP contribution >= 0.6 is 0 Å². The highest BCUT2D eigenvalue weighted by Crippen LogP contribution is 2.48. The van der Waals surface area contributed by atoms with Gasteiger partial charge in [0.05, 0.1) is 18.2 Å². The molecule has 10 aromatic rings. The van der Waals surface area contributed by atoms with Crippen molar-refractivity contribution in [2.24, 2.45) is 0 Å². The van der Waals surface area contributed by atoms with Gasteiger partial charge in [0, 0.05) is 84.0 Å². The SMILES string of the molecule is C.COc1ncccc1-c1c2c(c(OC(c3ccccc3)c3ccccc3)c3ncccc13)C(=O)N(Cc1ccc(F)cc1)C2.O=C1c2c(c(-c3ccc[nH]c3=O)c3cccnc3c2O)CN1Cc1ccc(F)cc1. The number of rotatable bonds is 11. The first kappa shape index (κ1) is 49.0. The smallest absolute Gasteiger partial charge is 0.258 e. The van der Waals surface area contributed by atoms with Crippen LogP contribution in [0.5, 0.6) is 17.4 Å². The molecule has 2 aliphatic rings. The number of hydrogen-bond acceptors (Lipinski definition) is 9. The number of fused-ring (bicyclic) bond motifs is 4. The van der Waals surface area contributed by atoms with Gasteiger partial charge in [-0.3, -0.25) is 24.4 Å². The van der Waals surface area contributed by atoms with Crippen molar-refractivity contribution in [1.29, 1.82) is 0 Å². The van der Waals surface area contributed by atoms with E-state index in [1.807, 2.05) is 84.9 Å². The van der Waals surface area contributed by atoms with Gasteiger partial charge in [-0.2, -0.15) is 0 Å². The lowest BCUT2D eigenvalue weighted by Crippen LogP contribution is -2.23. The third-order valence-electron chi connectivity index (χ3n) is 13.3. The number of amides is 2. The predicted molar refractivity (Wildman–Crippen MR) is 283 cm³/mol. The molecular weight excluding hydrogens is 951 g/mol. The highest BCUT2D eigenvalue weighted by Gasteiger charge is 2.39. The van der Waals surface area contributed by atoms with E-state index in [4.69, 9.17) is 14.5 Å². The highest BCUT2D eigenvalue weighted by atomic mass is 19.1. The van der Waals surface area contributed by atoms with Crippen molar-refractivity contribution in [2.75, 3.05) is 7.11 Å². The van der Waals surface area contributed by atoms with Crippen LogP contribution in [-0.2, 0) is 26.2 Å². The van der Waals surface area contributed by atoms with Gasteiger partial charge in [0.15, 0.2) is 11.5 Å². The Kier molecular flexibility index (Phi) is 13.7. The molecule has 0 unspecified atom stereocenters. The first-order chi connectivity index (χ1) is 36.2. The number of methoxy groups -OCH3 is 1. The monoisotopic (exact) mass is 998 g/mol. The van der Waals surface area contributed by atoms with E-state index in [1.54, 1.807) is 84.0 Å². The zero-order valence-electron chi connectivity index (χ0n) is 39.7. The molecule has 0 aliphatic carbocycles. The first-order valence-corrected chi connectivity index (χ1v) is 23.7. The molecule has 2 aliphatic heterocycles. The number of aromatic amines is 1. The normalized spacial score (nSPS) is 12.6. The third kappa shape index (κ3) is 9.29. The summed E-state index contributed by atoms with van der Waals surface area (Å²) in [6, 6.07) is 46.6. The van der Waals surface area contributed by atoms with Gasteiger partial charge in [-0.25, -0.2) is 13.8 Å². The van der Waals surface area contributed by atoms with Crippen LogP contribution in [0.3, 0.4) is 0 Å². The van der Waals surface area contributed by atoms with E-state index in [0.29, 0.717) is 57.9 Å². The predicted octanol–water partition coefficient (Wildman–Crippen LogP) is 12.0. The van der Waals surface area contributed by atoms with Gasteiger partial charge in [0.2, 0.25) is 5.88 Å². The molecular formula is C61H48F2N6O6. The molecule has 0 saturated heterocycles. The molecule has 2 amide bonds. The number of phenolic OH excluding ortho intramolecular Hbond substituents is 1. The molecule has 12 nitrogen and oxygen atoms in total. The summed E-state index contributed by atoms with van der Waals surface area (Å²) >= 11 is 0. The summed E-state index contributed by atoms with van der Waals surface area (Å²) in [5.74, 6) is -0.532. The van der Waals surface area contributed by atoms with Crippen molar-refractivity contribution in [3.05, 3.63) is 249 Å². The molecule has 6 aromatic carbocycles. The quantitative estimate of drug-likeness (QED) is 0.129. The average Bonchev–Trinajstić information content (AvgIpc) is 3.96.